The van der Waals surface area contributed by atoms with Crippen molar-refractivity contribution < 1.29 is 14.2 Å². The van der Waals surface area contributed by atoms with Crippen LogP contribution < -0.4 is 20.1 Å². The minimum atomic E-state index is -0.261. The lowest BCUT2D eigenvalue weighted by molar-refractivity contribution is 0.0268. The molecule has 0 fully saturated rings. The number of nitrogens with zero attached hydrogens (tertiary/aromatic N) is 1. The van der Waals surface area contributed by atoms with Crippen LogP contribution in [-0.4, -0.2) is 46.0 Å². The highest BCUT2D eigenvalue weighted by molar-refractivity contribution is 14.0. The fourth-order valence-corrected chi connectivity index (χ4v) is 2.59. The van der Waals surface area contributed by atoms with Gasteiger partial charge < -0.3 is 24.8 Å². The van der Waals surface area contributed by atoms with Crippen LogP contribution in [0.15, 0.2) is 21.6 Å². The Balaban J connectivity index is 0.00000576. The molecule has 6 nitrogen and oxygen atoms in total. The largest absolute Gasteiger partial charge is 0.493 e. The molecule has 2 N–H and O–H groups in total. The Morgan fingerprint density at radius 1 is 1.16 bits per heavy atom. The molecule has 0 spiro atoms. The topological polar surface area (TPSA) is 64.1 Å². The van der Waals surface area contributed by atoms with Gasteiger partial charge in [0, 0.05) is 20.2 Å². The summed E-state index contributed by atoms with van der Waals surface area (Å²) in [7, 11) is 4.94. The van der Waals surface area contributed by atoms with Crippen LogP contribution in [0.2, 0.25) is 0 Å². The average Bonchev–Trinajstić information content (AvgIpc) is 2.56. The summed E-state index contributed by atoms with van der Waals surface area (Å²) in [6.07, 6.45) is 0. The van der Waals surface area contributed by atoms with E-state index in [-0.39, 0.29) is 29.6 Å². The van der Waals surface area contributed by atoms with E-state index in [4.69, 9.17) is 14.2 Å². The van der Waals surface area contributed by atoms with Gasteiger partial charge in [-0.2, -0.15) is 0 Å². The molecule has 0 bridgehead atoms. The van der Waals surface area contributed by atoms with Gasteiger partial charge in [0.25, 0.3) is 0 Å². The monoisotopic (exact) mass is 529 g/mol. The summed E-state index contributed by atoms with van der Waals surface area (Å²) in [5.41, 5.74) is 0.755. The first kappa shape index (κ1) is 24.3. The lowest BCUT2D eigenvalue weighted by Gasteiger charge is -2.24. The number of hydrogen-bond donors (Lipinski definition) is 2. The summed E-state index contributed by atoms with van der Waals surface area (Å²) in [5.74, 6) is 2.10. The van der Waals surface area contributed by atoms with Gasteiger partial charge in [-0.25, -0.2) is 4.99 Å². The summed E-state index contributed by atoms with van der Waals surface area (Å²) in [5, 5.41) is 6.53. The molecule has 1 aromatic carbocycles. The Labute approximate surface area is 176 Å². The lowest BCUT2D eigenvalue weighted by atomic mass is 10.1. The van der Waals surface area contributed by atoms with Gasteiger partial charge in [-0.3, -0.25) is 0 Å². The van der Waals surface area contributed by atoms with Gasteiger partial charge in [0.05, 0.1) is 30.8 Å². The first-order valence-electron chi connectivity index (χ1n) is 7.84. The first-order chi connectivity index (χ1) is 11.4. The maximum Gasteiger partial charge on any atom is 0.191 e. The molecule has 0 unspecified atom stereocenters. The maximum atomic E-state index is 5.42. The molecule has 0 atom stereocenters. The van der Waals surface area contributed by atoms with Crippen LogP contribution >= 0.6 is 39.9 Å². The molecule has 0 amide bonds. The minimum absolute atomic E-state index is 0. The van der Waals surface area contributed by atoms with E-state index in [0.717, 1.165) is 22.5 Å². The second-order valence-corrected chi connectivity index (χ2v) is 6.68. The van der Waals surface area contributed by atoms with Crippen molar-refractivity contribution in [2.75, 3.05) is 34.4 Å². The molecule has 0 heterocycles. The van der Waals surface area contributed by atoms with Crippen molar-refractivity contribution in [2.24, 2.45) is 4.99 Å². The molecule has 0 radical (unpaired) electrons. The highest BCUT2D eigenvalue weighted by Crippen LogP contribution is 2.36. The van der Waals surface area contributed by atoms with E-state index in [9.17, 15) is 0 Å². The summed E-state index contributed by atoms with van der Waals surface area (Å²) in [4.78, 5) is 4.61. The average molecular weight is 530 g/mol. The van der Waals surface area contributed by atoms with Crippen LogP contribution in [0, 0.1) is 0 Å². The van der Waals surface area contributed by atoms with Crippen molar-refractivity contribution in [3.05, 3.63) is 22.2 Å². The Hall–Kier alpha value is -0.740. The zero-order chi connectivity index (χ0) is 18.2. The second kappa shape index (κ2) is 11.8. The van der Waals surface area contributed by atoms with Crippen molar-refractivity contribution in [3.8, 4) is 11.5 Å². The second-order valence-electron chi connectivity index (χ2n) is 5.83. The van der Waals surface area contributed by atoms with Gasteiger partial charge in [-0.15, -0.1) is 24.0 Å². The third-order valence-corrected chi connectivity index (χ3v) is 4.08. The number of ether oxygens (including phenoxy) is 3. The Morgan fingerprint density at radius 3 is 2.36 bits per heavy atom. The van der Waals surface area contributed by atoms with Crippen molar-refractivity contribution in [3.63, 3.8) is 0 Å². The van der Waals surface area contributed by atoms with Crippen molar-refractivity contribution in [1.29, 1.82) is 0 Å². The molecule has 0 aliphatic heterocycles. The number of aliphatic imine (C=N–C) groups is 1. The van der Waals surface area contributed by atoms with E-state index >= 15 is 0 Å². The molecule has 0 aromatic heterocycles. The first-order valence-corrected chi connectivity index (χ1v) is 8.63. The number of rotatable bonds is 8. The van der Waals surface area contributed by atoms with Gasteiger partial charge >= 0.3 is 0 Å². The third kappa shape index (κ3) is 8.00. The molecule has 0 aliphatic carbocycles. The van der Waals surface area contributed by atoms with Crippen LogP contribution in [0.4, 0.5) is 0 Å². The zero-order valence-electron chi connectivity index (χ0n) is 15.7. The zero-order valence-corrected chi connectivity index (χ0v) is 19.7. The van der Waals surface area contributed by atoms with Crippen molar-refractivity contribution in [1.82, 2.24) is 10.6 Å². The number of hydrogen-bond acceptors (Lipinski definition) is 4. The normalized spacial score (nSPS) is 11.6. The number of halogens is 2. The number of benzene rings is 1. The molecule has 8 heteroatoms. The molecular formula is C17H29BrIN3O3. The van der Waals surface area contributed by atoms with E-state index in [1.807, 2.05) is 32.9 Å². The SMILES string of the molecule is CCNC(=NCc1cc(Br)c(OC)c(OC)c1)NCC(C)(C)OC.I. The highest BCUT2D eigenvalue weighted by atomic mass is 127. The van der Waals surface area contributed by atoms with Gasteiger partial charge in [-0.1, -0.05) is 0 Å². The van der Waals surface area contributed by atoms with Crippen molar-refractivity contribution >= 4 is 45.9 Å². The van der Waals surface area contributed by atoms with Crippen LogP contribution in [-0.2, 0) is 11.3 Å². The molecule has 0 aliphatic rings. The van der Waals surface area contributed by atoms with Gasteiger partial charge in [0.1, 0.15) is 0 Å². The van der Waals surface area contributed by atoms with Gasteiger partial charge in [-0.05, 0) is 54.4 Å². The summed E-state index contributed by atoms with van der Waals surface area (Å²) in [6.45, 7) is 8.04. The fourth-order valence-electron chi connectivity index (χ4n) is 1.94. The molecule has 1 aromatic rings. The molecular weight excluding hydrogens is 501 g/mol. The van der Waals surface area contributed by atoms with Crippen LogP contribution in [0.25, 0.3) is 0 Å². The predicted molar refractivity (Wildman–Crippen MR) is 117 cm³/mol. The quantitative estimate of drug-likeness (QED) is 0.306. The maximum absolute atomic E-state index is 5.42. The number of methoxy groups -OCH3 is 3. The van der Waals surface area contributed by atoms with E-state index < -0.39 is 0 Å². The predicted octanol–water partition coefficient (Wildman–Crippen LogP) is 3.56. The van der Waals surface area contributed by atoms with Crippen LogP contribution in [0.3, 0.4) is 0 Å². The van der Waals surface area contributed by atoms with Gasteiger partial charge in [0.2, 0.25) is 0 Å². The number of guanidine groups is 1. The van der Waals surface area contributed by atoms with Crippen LogP contribution in [0.1, 0.15) is 26.3 Å². The molecule has 0 saturated carbocycles. The summed E-state index contributed by atoms with van der Waals surface area (Å²) < 4.78 is 17.0. The standard InChI is InChI=1S/C17H28BrN3O3.HI/c1-7-19-16(21-11-17(2,3)24-6)20-10-12-8-13(18)15(23-5)14(9-12)22-4;/h8-9H,7,10-11H2,1-6H3,(H2,19,20,21);1H. The lowest BCUT2D eigenvalue weighted by Crippen LogP contribution is -2.45. The summed E-state index contributed by atoms with van der Waals surface area (Å²) >= 11 is 3.50. The smallest absolute Gasteiger partial charge is 0.191 e. The number of nitrogens with one attached hydrogen (secondary N) is 2. The third-order valence-electron chi connectivity index (χ3n) is 3.49. The van der Waals surface area contributed by atoms with E-state index in [1.165, 1.54) is 0 Å². The van der Waals surface area contributed by atoms with E-state index in [0.29, 0.717) is 24.6 Å². The minimum Gasteiger partial charge on any atom is -0.493 e. The Morgan fingerprint density at radius 2 is 1.84 bits per heavy atom. The Kier molecular flexibility index (Phi) is 11.4. The fraction of sp³-hybridized carbons (Fsp3) is 0.588. The van der Waals surface area contributed by atoms with E-state index in [1.54, 1.807) is 21.3 Å². The molecule has 0 saturated heterocycles. The van der Waals surface area contributed by atoms with Gasteiger partial charge in [0.15, 0.2) is 17.5 Å². The van der Waals surface area contributed by atoms with E-state index in [2.05, 4.69) is 31.6 Å². The highest BCUT2D eigenvalue weighted by Gasteiger charge is 2.16. The Bertz CT molecular complexity index is 568. The molecule has 25 heavy (non-hydrogen) atoms. The van der Waals surface area contributed by atoms with Crippen LogP contribution in [0.5, 0.6) is 11.5 Å². The molecule has 1 rings (SSSR count). The molecule has 144 valence electrons. The van der Waals surface area contributed by atoms with Crippen molar-refractivity contribution in [2.45, 2.75) is 32.9 Å². The summed E-state index contributed by atoms with van der Waals surface area (Å²) in [6, 6.07) is 3.91.